The number of amides is 2. The van der Waals surface area contributed by atoms with Crippen molar-refractivity contribution in [1.82, 2.24) is 10.3 Å². The van der Waals surface area contributed by atoms with Gasteiger partial charge in [-0.05, 0) is 24.5 Å². The molecular formula is C17H21N3O4. The Kier molecular flexibility index (Phi) is 5.23. The Labute approximate surface area is 139 Å². The van der Waals surface area contributed by atoms with Crippen molar-refractivity contribution in [2.75, 3.05) is 5.32 Å². The van der Waals surface area contributed by atoms with Crippen molar-refractivity contribution in [3.8, 4) is 0 Å². The molecule has 2 amide bonds. The first kappa shape index (κ1) is 17.5. The van der Waals surface area contributed by atoms with Crippen molar-refractivity contribution in [1.29, 1.82) is 0 Å². The first-order valence-electron chi connectivity index (χ1n) is 7.71. The van der Waals surface area contributed by atoms with Gasteiger partial charge in [-0.1, -0.05) is 26.0 Å². The maximum Gasteiger partial charge on any atom is 0.326 e. The lowest BCUT2D eigenvalue weighted by Gasteiger charge is -2.15. The number of para-hydroxylation sites is 1. The highest BCUT2D eigenvalue weighted by atomic mass is 16.4. The van der Waals surface area contributed by atoms with Crippen LogP contribution in [-0.4, -0.2) is 33.9 Å². The van der Waals surface area contributed by atoms with Crippen LogP contribution in [0, 0.1) is 5.92 Å². The number of aliphatic carboxylic acids is 1. The molecule has 128 valence electrons. The molecule has 1 atom stereocenters. The minimum absolute atomic E-state index is 0.139. The molecule has 0 fully saturated rings. The number of rotatable bonds is 6. The summed E-state index contributed by atoms with van der Waals surface area (Å²) in [7, 11) is 0. The fourth-order valence-electron chi connectivity index (χ4n) is 2.50. The predicted molar refractivity (Wildman–Crippen MR) is 90.9 cm³/mol. The van der Waals surface area contributed by atoms with Gasteiger partial charge in [0.25, 0.3) is 5.91 Å². The van der Waals surface area contributed by atoms with Gasteiger partial charge in [0.1, 0.15) is 11.7 Å². The normalized spacial score (nSPS) is 12.2. The summed E-state index contributed by atoms with van der Waals surface area (Å²) in [6, 6.07) is 5.97. The maximum atomic E-state index is 12.4. The summed E-state index contributed by atoms with van der Waals surface area (Å²) in [5.74, 6) is -1.63. The van der Waals surface area contributed by atoms with Crippen LogP contribution >= 0.6 is 0 Å². The van der Waals surface area contributed by atoms with Crippen LogP contribution in [0.15, 0.2) is 24.3 Å². The Balaban J connectivity index is 2.26. The molecule has 0 aliphatic carbocycles. The Bertz CT molecular complexity index is 779. The summed E-state index contributed by atoms with van der Waals surface area (Å²) in [4.78, 5) is 37.8. The first-order valence-corrected chi connectivity index (χ1v) is 7.71. The number of anilines is 1. The molecule has 7 nitrogen and oxygen atoms in total. The first-order chi connectivity index (χ1) is 11.3. The molecule has 0 aliphatic heterocycles. The van der Waals surface area contributed by atoms with Gasteiger partial charge < -0.3 is 20.7 Å². The summed E-state index contributed by atoms with van der Waals surface area (Å²) in [5, 5.41) is 15.2. The van der Waals surface area contributed by atoms with Gasteiger partial charge in [0.05, 0.1) is 11.2 Å². The molecule has 2 aromatic rings. The second-order valence-electron chi connectivity index (χ2n) is 6.13. The van der Waals surface area contributed by atoms with E-state index in [2.05, 4.69) is 15.6 Å². The Morgan fingerprint density at radius 3 is 2.54 bits per heavy atom. The van der Waals surface area contributed by atoms with Crippen molar-refractivity contribution >= 4 is 34.4 Å². The second-order valence-corrected chi connectivity index (χ2v) is 6.13. The molecule has 1 heterocycles. The van der Waals surface area contributed by atoms with Gasteiger partial charge in [-0.15, -0.1) is 0 Å². The fourth-order valence-corrected chi connectivity index (χ4v) is 2.50. The highest BCUT2D eigenvalue weighted by Crippen LogP contribution is 2.23. The van der Waals surface area contributed by atoms with Crippen LogP contribution in [0.2, 0.25) is 0 Å². The van der Waals surface area contributed by atoms with E-state index in [4.69, 9.17) is 0 Å². The Morgan fingerprint density at radius 1 is 1.25 bits per heavy atom. The lowest BCUT2D eigenvalue weighted by atomic mass is 10.0. The number of nitrogens with one attached hydrogen (secondary N) is 3. The maximum absolute atomic E-state index is 12.4. The second kappa shape index (κ2) is 7.16. The van der Waals surface area contributed by atoms with Crippen LogP contribution in [0.4, 0.5) is 5.69 Å². The number of benzene rings is 1. The molecule has 0 spiro atoms. The van der Waals surface area contributed by atoms with E-state index in [-0.39, 0.29) is 17.5 Å². The van der Waals surface area contributed by atoms with Gasteiger partial charge in [-0.2, -0.15) is 0 Å². The summed E-state index contributed by atoms with van der Waals surface area (Å²) in [5.41, 5.74) is 1.43. The highest BCUT2D eigenvalue weighted by molar-refractivity contribution is 6.04. The van der Waals surface area contributed by atoms with E-state index in [1.807, 2.05) is 13.8 Å². The highest BCUT2D eigenvalue weighted by Gasteiger charge is 2.22. The minimum atomic E-state index is -1.06. The van der Waals surface area contributed by atoms with Gasteiger partial charge >= 0.3 is 5.97 Å². The van der Waals surface area contributed by atoms with Gasteiger partial charge in [0.15, 0.2) is 0 Å². The molecule has 2 rings (SSSR count). The molecular weight excluding hydrogens is 310 g/mol. The summed E-state index contributed by atoms with van der Waals surface area (Å²) >= 11 is 0. The van der Waals surface area contributed by atoms with Crippen LogP contribution in [0.3, 0.4) is 0 Å². The Morgan fingerprint density at radius 2 is 1.96 bits per heavy atom. The molecule has 0 aliphatic rings. The van der Waals surface area contributed by atoms with Crippen LogP contribution < -0.4 is 10.6 Å². The molecule has 0 saturated carbocycles. The number of hydrogen-bond acceptors (Lipinski definition) is 3. The summed E-state index contributed by atoms with van der Waals surface area (Å²) < 4.78 is 0. The molecule has 7 heteroatoms. The number of aromatic nitrogens is 1. The third-order valence-corrected chi connectivity index (χ3v) is 3.52. The zero-order valence-electron chi connectivity index (χ0n) is 13.8. The van der Waals surface area contributed by atoms with Crippen LogP contribution in [0.25, 0.3) is 10.9 Å². The van der Waals surface area contributed by atoms with Gasteiger partial charge in [0.2, 0.25) is 5.91 Å². The van der Waals surface area contributed by atoms with Crippen molar-refractivity contribution in [3.05, 3.63) is 30.0 Å². The van der Waals surface area contributed by atoms with Gasteiger partial charge in [-0.3, -0.25) is 9.59 Å². The van der Waals surface area contributed by atoms with Gasteiger partial charge in [0, 0.05) is 12.3 Å². The number of hydrogen-bond donors (Lipinski definition) is 4. The van der Waals surface area contributed by atoms with Crippen LogP contribution in [-0.2, 0) is 9.59 Å². The number of carboxylic acids is 1. The summed E-state index contributed by atoms with van der Waals surface area (Å²) in [6.07, 6.45) is 0.346. The molecule has 1 unspecified atom stereocenters. The van der Waals surface area contributed by atoms with E-state index in [9.17, 15) is 19.5 Å². The van der Waals surface area contributed by atoms with E-state index in [1.165, 1.54) is 6.92 Å². The Hall–Kier alpha value is -2.83. The van der Waals surface area contributed by atoms with E-state index >= 15 is 0 Å². The van der Waals surface area contributed by atoms with Crippen molar-refractivity contribution in [2.45, 2.75) is 33.2 Å². The number of aromatic amines is 1. The third-order valence-electron chi connectivity index (χ3n) is 3.52. The third kappa shape index (κ3) is 4.13. The van der Waals surface area contributed by atoms with E-state index < -0.39 is 17.9 Å². The average Bonchev–Trinajstić information content (AvgIpc) is 2.90. The topological polar surface area (TPSA) is 111 Å². The molecule has 0 bridgehead atoms. The molecule has 0 saturated heterocycles. The minimum Gasteiger partial charge on any atom is -0.480 e. The number of carbonyl (C=O) groups excluding carboxylic acids is 2. The van der Waals surface area contributed by atoms with E-state index in [0.29, 0.717) is 17.6 Å². The molecule has 0 radical (unpaired) electrons. The SMILES string of the molecule is CC(=O)Nc1cccc2cc(C(=O)NC(CC(C)C)C(=O)O)[nH]c12. The molecule has 4 N–H and O–H groups in total. The largest absolute Gasteiger partial charge is 0.480 e. The van der Waals surface area contributed by atoms with Crippen LogP contribution in [0.5, 0.6) is 0 Å². The lowest BCUT2D eigenvalue weighted by Crippen LogP contribution is -2.41. The monoisotopic (exact) mass is 331 g/mol. The van der Waals surface area contributed by atoms with Crippen LogP contribution in [0.1, 0.15) is 37.7 Å². The zero-order chi connectivity index (χ0) is 17.9. The predicted octanol–water partition coefficient (Wildman–Crippen LogP) is 2.36. The van der Waals surface area contributed by atoms with E-state index in [1.54, 1.807) is 24.3 Å². The van der Waals surface area contributed by atoms with Crippen molar-refractivity contribution < 1.29 is 19.5 Å². The van der Waals surface area contributed by atoms with Gasteiger partial charge in [-0.25, -0.2) is 4.79 Å². The zero-order valence-corrected chi connectivity index (χ0v) is 13.8. The fraction of sp³-hybridized carbons (Fsp3) is 0.353. The lowest BCUT2D eigenvalue weighted by molar-refractivity contribution is -0.139. The number of fused-ring (bicyclic) bond motifs is 1. The molecule has 24 heavy (non-hydrogen) atoms. The summed E-state index contributed by atoms with van der Waals surface area (Å²) in [6.45, 7) is 5.19. The standard InChI is InChI=1S/C17H21N3O4/c1-9(2)7-14(17(23)24)20-16(22)13-8-11-5-4-6-12(15(11)19-13)18-10(3)21/h4-6,8-9,14,19H,7H2,1-3H3,(H,18,21)(H,20,22)(H,23,24). The molecule has 1 aromatic heterocycles. The number of H-pyrrole nitrogens is 1. The molecule has 1 aromatic carbocycles. The number of carbonyl (C=O) groups is 3. The number of carboxylic acid groups (broad SMARTS) is 1. The van der Waals surface area contributed by atoms with E-state index in [0.717, 1.165) is 5.39 Å². The smallest absolute Gasteiger partial charge is 0.326 e. The van der Waals surface area contributed by atoms with Crippen molar-refractivity contribution in [3.63, 3.8) is 0 Å². The quantitative estimate of drug-likeness (QED) is 0.651. The average molecular weight is 331 g/mol. The van der Waals surface area contributed by atoms with Crippen molar-refractivity contribution in [2.24, 2.45) is 5.92 Å².